The molecule has 0 saturated heterocycles. The molecule has 49 heavy (non-hydrogen) atoms. The van der Waals surface area contributed by atoms with E-state index in [0.717, 1.165) is 33.3 Å². The van der Waals surface area contributed by atoms with Gasteiger partial charge in [0, 0.05) is 33.8 Å². The maximum absolute atomic E-state index is 4.89. The van der Waals surface area contributed by atoms with Gasteiger partial charge >= 0.3 is 0 Å². The average molecular weight is 627 g/mol. The number of aromatic nitrogens is 4. The first-order chi connectivity index (χ1) is 24.2. The standard InChI is InChI=1S/C45H30N4/c1-3-8-34(9-4-1)43-47-44(35-10-5-2-6-11-35)49-45(48-43)36-22-16-31(17-23-36)38-25-19-32-18-24-37(28-39(32)29-38)30-14-20-33(21-15-30)40-12-7-13-42-41(40)26-27-46-42/h1-29,46H. The van der Waals surface area contributed by atoms with Gasteiger partial charge in [-0.25, -0.2) is 15.0 Å². The van der Waals surface area contributed by atoms with E-state index in [0.29, 0.717) is 17.5 Å². The van der Waals surface area contributed by atoms with Gasteiger partial charge in [-0.3, -0.25) is 0 Å². The molecule has 0 aliphatic heterocycles. The van der Waals surface area contributed by atoms with Crippen LogP contribution in [-0.2, 0) is 0 Å². The molecule has 0 fully saturated rings. The normalized spacial score (nSPS) is 11.3. The largest absolute Gasteiger partial charge is 0.361 e. The first-order valence-corrected chi connectivity index (χ1v) is 16.4. The fourth-order valence-electron chi connectivity index (χ4n) is 6.53. The van der Waals surface area contributed by atoms with Gasteiger partial charge in [-0.15, -0.1) is 0 Å². The number of rotatable bonds is 6. The zero-order valence-corrected chi connectivity index (χ0v) is 26.6. The molecule has 1 N–H and O–H groups in total. The summed E-state index contributed by atoms with van der Waals surface area (Å²) in [6, 6.07) is 59.4. The van der Waals surface area contributed by atoms with E-state index in [2.05, 4.69) is 114 Å². The van der Waals surface area contributed by atoms with Crippen LogP contribution >= 0.6 is 0 Å². The molecule has 2 heterocycles. The molecular formula is C45H30N4. The SMILES string of the molecule is c1ccc(-c2nc(-c3ccccc3)nc(-c3ccc(-c4ccc5ccc(-c6ccc(-c7cccc8[nH]ccc78)cc6)cc5c4)cc3)n2)cc1. The molecule has 9 rings (SSSR count). The summed E-state index contributed by atoms with van der Waals surface area (Å²) in [4.78, 5) is 17.9. The zero-order chi connectivity index (χ0) is 32.6. The van der Waals surface area contributed by atoms with Gasteiger partial charge in [-0.05, 0) is 68.4 Å². The van der Waals surface area contributed by atoms with Crippen LogP contribution in [0.3, 0.4) is 0 Å². The van der Waals surface area contributed by atoms with E-state index in [4.69, 9.17) is 15.0 Å². The van der Waals surface area contributed by atoms with Crippen molar-refractivity contribution in [1.82, 2.24) is 19.9 Å². The Hall–Kier alpha value is -6.65. The number of hydrogen-bond donors (Lipinski definition) is 1. The summed E-state index contributed by atoms with van der Waals surface area (Å²) in [5.41, 5.74) is 11.2. The number of hydrogen-bond acceptors (Lipinski definition) is 3. The summed E-state index contributed by atoms with van der Waals surface area (Å²) in [5.74, 6) is 1.97. The second kappa shape index (κ2) is 12.2. The lowest BCUT2D eigenvalue weighted by molar-refractivity contribution is 1.07. The Bertz CT molecular complexity index is 2510. The minimum atomic E-state index is 0.651. The molecule has 0 atom stereocenters. The third kappa shape index (κ3) is 5.56. The Morgan fingerprint density at radius 3 is 1.35 bits per heavy atom. The molecule has 4 heteroatoms. The molecule has 0 spiro atoms. The quantitative estimate of drug-likeness (QED) is 0.200. The van der Waals surface area contributed by atoms with E-state index in [1.807, 2.05) is 66.9 Å². The van der Waals surface area contributed by atoms with Gasteiger partial charge in [0.25, 0.3) is 0 Å². The molecule has 0 saturated carbocycles. The molecule has 0 radical (unpaired) electrons. The summed E-state index contributed by atoms with van der Waals surface area (Å²) in [6.45, 7) is 0. The number of aromatic amines is 1. The van der Waals surface area contributed by atoms with Gasteiger partial charge in [-0.1, -0.05) is 146 Å². The van der Waals surface area contributed by atoms with Gasteiger partial charge in [-0.2, -0.15) is 0 Å². The predicted octanol–water partition coefficient (Wildman–Crippen LogP) is 11.5. The van der Waals surface area contributed by atoms with E-state index in [1.165, 1.54) is 38.4 Å². The molecule has 0 amide bonds. The number of benzene rings is 7. The summed E-state index contributed by atoms with van der Waals surface area (Å²) in [7, 11) is 0. The topological polar surface area (TPSA) is 54.5 Å². The molecule has 4 nitrogen and oxygen atoms in total. The lowest BCUT2D eigenvalue weighted by Crippen LogP contribution is -2.00. The second-order valence-corrected chi connectivity index (χ2v) is 12.2. The summed E-state index contributed by atoms with van der Waals surface area (Å²) >= 11 is 0. The van der Waals surface area contributed by atoms with Crippen LogP contribution in [0.15, 0.2) is 176 Å². The zero-order valence-electron chi connectivity index (χ0n) is 26.6. The van der Waals surface area contributed by atoms with Crippen molar-refractivity contribution in [3.63, 3.8) is 0 Å². The van der Waals surface area contributed by atoms with Crippen LogP contribution in [0.2, 0.25) is 0 Å². The third-order valence-electron chi connectivity index (χ3n) is 9.14. The van der Waals surface area contributed by atoms with Crippen molar-refractivity contribution in [2.45, 2.75) is 0 Å². The number of nitrogens with one attached hydrogen (secondary N) is 1. The van der Waals surface area contributed by atoms with Crippen LogP contribution in [0.1, 0.15) is 0 Å². The van der Waals surface area contributed by atoms with Gasteiger partial charge < -0.3 is 4.98 Å². The van der Waals surface area contributed by atoms with Crippen molar-refractivity contribution in [3.8, 4) is 67.5 Å². The highest BCUT2D eigenvalue weighted by atomic mass is 15.0. The maximum atomic E-state index is 4.89. The highest BCUT2D eigenvalue weighted by molar-refractivity contribution is 5.96. The highest BCUT2D eigenvalue weighted by Gasteiger charge is 2.13. The fourth-order valence-corrected chi connectivity index (χ4v) is 6.53. The minimum Gasteiger partial charge on any atom is -0.361 e. The molecule has 0 unspecified atom stereocenters. The van der Waals surface area contributed by atoms with E-state index in [1.54, 1.807) is 0 Å². The van der Waals surface area contributed by atoms with Crippen molar-refractivity contribution in [2.24, 2.45) is 0 Å². The Morgan fingerprint density at radius 1 is 0.327 bits per heavy atom. The number of H-pyrrole nitrogens is 1. The Balaban J connectivity index is 1.02. The van der Waals surface area contributed by atoms with E-state index < -0.39 is 0 Å². The molecule has 7 aromatic carbocycles. The van der Waals surface area contributed by atoms with Crippen molar-refractivity contribution in [3.05, 3.63) is 176 Å². The maximum Gasteiger partial charge on any atom is 0.164 e. The van der Waals surface area contributed by atoms with E-state index in [-0.39, 0.29) is 0 Å². The smallest absolute Gasteiger partial charge is 0.164 e. The summed E-state index contributed by atoms with van der Waals surface area (Å²) in [5, 5.41) is 3.66. The molecular weight excluding hydrogens is 597 g/mol. The van der Waals surface area contributed by atoms with Crippen LogP contribution in [0.4, 0.5) is 0 Å². The van der Waals surface area contributed by atoms with Gasteiger partial charge in [0.2, 0.25) is 0 Å². The molecule has 230 valence electrons. The van der Waals surface area contributed by atoms with Gasteiger partial charge in [0.1, 0.15) is 0 Å². The highest BCUT2D eigenvalue weighted by Crippen LogP contribution is 2.33. The van der Waals surface area contributed by atoms with Crippen LogP contribution in [0.5, 0.6) is 0 Å². The van der Waals surface area contributed by atoms with Crippen LogP contribution in [-0.4, -0.2) is 19.9 Å². The summed E-state index contributed by atoms with van der Waals surface area (Å²) < 4.78 is 0. The second-order valence-electron chi connectivity index (χ2n) is 12.2. The molecule has 9 aromatic rings. The lowest BCUT2D eigenvalue weighted by atomic mass is 9.95. The van der Waals surface area contributed by atoms with Crippen LogP contribution in [0.25, 0.3) is 89.2 Å². The van der Waals surface area contributed by atoms with E-state index in [9.17, 15) is 0 Å². The first-order valence-electron chi connectivity index (χ1n) is 16.4. The third-order valence-corrected chi connectivity index (χ3v) is 9.14. The average Bonchev–Trinajstić information content (AvgIpc) is 3.68. The lowest BCUT2D eigenvalue weighted by Gasteiger charge is -2.10. The first kappa shape index (κ1) is 28.6. The minimum absolute atomic E-state index is 0.651. The molecule has 0 aliphatic rings. The predicted molar refractivity (Wildman–Crippen MR) is 202 cm³/mol. The van der Waals surface area contributed by atoms with Crippen LogP contribution < -0.4 is 0 Å². The number of nitrogens with zero attached hydrogens (tertiary/aromatic N) is 3. The van der Waals surface area contributed by atoms with Crippen LogP contribution in [0, 0.1) is 0 Å². The van der Waals surface area contributed by atoms with Gasteiger partial charge in [0.15, 0.2) is 17.5 Å². The molecule has 0 aliphatic carbocycles. The van der Waals surface area contributed by atoms with Crippen molar-refractivity contribution >= 4 is 21.7 Å². The monoisotopic (exact) mass is 626 g/mol. The molecule has 2 aromatic heterocycles. The Labute approximate surface area is 284 Å². The Kier molecular flexibility index (Phi) is 7.10. The van der Waals surface area contributed by atoms with Crippen molar-refractivity contribution < 1.29 is 0 Å². The number of fused-ring (bicyclic) bond motifs is 2. The summed E-state index contributed by atoms with van der Waals surface area (Å²) in [6.07, 6.45) is 2.00. The van der Waals surface area contributed by atoms with E-state index >= 15 is 0 Å². The Morgan fingerprint density at radius 2 is 0.796 bits per heavy atom. The van der Waals surface area contributed by atoms with Gasteiger partial charge in [0.05, 0.1) is 0 Å². The molecule has 0 bridgehead atoms. The van der Waals surface area contributed by atoms with Crippen molar-refractivity contribution in [1.29, 1.82) is 0 Å². The van der Waals surface area contributed by atoms with Crippen molar-refractivity contribution in [2.75, 3.05) is 0 Å². The fraction of sp³-hybridized carbons (Fsp3) is 0.